The van der Waals surface area contributed by atoms with Crippen LogP contribution in [0.25, 0.3) is 0 Å². The van der Waals surface area contributed by atoms with Gasteiger partial charge in [0.25, 0.3) is 0 Å². The number of amides is 3. The van der Waals surface area contributed by atoms with Gasteiger partial charge in [0.15, 0.2) is 0 Å². The van der Waals surface area contributed by atoms with Gasteiger partial charge in [-0.1, -0.05) is 6.07 Å². The smallest absolute Gasteiger partial charge is 0.379 e. The van der Waals surface area contributed by atoms with Crippen LogP contribution >= 0.6 is 0 Å². The molecule has 0 aromatic heterocycles. The Morgan fingerprint density at radius 3 is 2.61 bits per heavy atom. The van der Waals surface area contributed by atoms with Gasteiger partial charge in [0.2, 0.25) is 17.7 Å². The second-order valence-electron chi connectivity index (χ2n) is 7.68. The molecule has 1 aromatic carbocycles. The quantitative estimate of drug-likeness (QED) is 0.528. The highest BCUT2D eigenvalue weighted by Crippen LogP contribution is 2.32. The third kappa shape index (κ3) is 4.65. The van der Waals surface area contributed by atoms with Crippen molar-refractivity contribution in [1.29, 1.82) is 0 Å². The molecule has 0 radical (unpaired) electrons. The molecule has 12 heteroatoms. The van der Waals surface area contributed by atoms with Gasteiger partial charge in [0.1, 0.15) is 6.29 Å². The molecule has 168 valence electrons. The zero-order valence-corrected chi connectivity index (χ0v) is 16.4. The Balaban J connectivity index is 1.49. The SMILES string of the molecule is O=C1CC(C(=O)Nc2cccc(C(F)(F)F)c2)C2C(=O)NC(N3CCOCC3)NC2N1. The molecule has 4 rings (SSSR count). The van der Waals surface area contributed by atoms with Crippen molar-refractivity contribution in [3.05, 3.63) is 29.8 Å². The first-order valence-electron chi connectivity index (χ1n) is 9.88. The summed E-state index contributed by atoms with van der Waals surface area (Å²) in [5.74, 6) is -3.46. The van der Waals surface area contributed by atoms with E-state index < -0.39 is 53.8 Å². The molecule has 3 aliphatic rings. The average Bonchev–Trinajstić information content (AvgIpc) is 2.73. The third-order valence-electron chi connectivity index (χ3n) is 5.64. The second kappa shape index (κ2) is 8.44. The van der Waals surface area contributed by atoms with E-state index in [4.69, 9.17) is 4.74 Å². The van der Waals surface area contributed by atoms with Crippen molar-refractivity contribution in [1.82, 2.24) is 20.9 Å². The molecule has 0 bridgehead atoms. The van der Waals surface area contributed by atoms with Crippen LogP contribution in [0.1, 0.15) is 12.0 Å². The molecule has 3 fully saturated rings. The number of alkyl halides is 3. The number of nitrogens with zero attached hydrogens (tertiary/aromatic N) is 1. The Morgan fingerprint density at radius 1 is 1.16 bits per heavy atom. The van der Waals surface area contributed by atoms with Crippen LogP contribution in [0.2, 0.25) is 0 Å². The monoisotopic (exact) mass is 441 g/mol. The van der Waals surface area contributed by atoms with E-state index in [0.29, 0.717) is 26.3 Å². The van der Waals surface area contributed by atoms with Crippen molar-refractivity contribution in [2.24, 2.45) is 11.8 Å². The van der Waals surface area contributed by atoms with Crippen LogP contribution in [0.4, 0.5) is 18.9 Å². The zero-order chi connectivity index (χ0) is 22.2. The van der Waals surface area contributed by atoms with Crippen LogP contribution in [0.5, 0.6) is 0 Å². The van der Waals surface area contributed by atoms with Crippen molar-refractivity contribution >= 4 is 23.4 Å². The van der Waals surface area contributed by atoms with E-state index in [9.17, 15) is 27.6 Å². The fourth-order valence-electron chi connectivity index (χ4n) is 4.10. The maximum absolute atomic E-state index is 12.9. The maximum Gasteiger partial charge on any atom is 0.416 e. The maximum atomic E-state index is 12.9. The number of rotatable bonds is 3. The van der Waals surface area contributed by atoms with Gasteiger partial charge in [-0.25, -0.2) is 0 Å². The molecule has 1 aromatic rings. The Hall–Kier alpha value is -2.70. The van der Waals surface area contributed by atoms with Gasteiger partial charge in [-0.3, -0.25) is 24.6 Å². The fourth-order valence-corrected chi connectivity index (χ4v) is 4.10. The lowest BCUT2D eigenvalue weighted by molar-refractivity contribution is -0.148. The van der Waals surface area contributed by atoms with E-state index in [2.05, 4.69) is 21.3 Å². The molecule has 3 saturated heterocycles. The highest BCUT2D eigenvalue weighted by atomic mass is 19.4. The minimum atomic E-state index is -4.56. The summed E-state index contributed by atoms with van der Waals surface area (Å²) in [5.41, 5.74) is -0.965. The number of benzene rings is 1. The van der Waals surface area contributed by atoms with Crippen molar-refractivity contribution in [3.8, 4) is 0 Å². The van der Waals surface area contributed by atoms with Crippen molar-refractivity contribution in [3.63, 3.8) is 0 Å². The number of ether oxygens (including phenoxy) is 1. The molecule has 3 heterocycles. The van der Waals surface area contributed by atoms with Crippen LogP contribution in [-0.4, -0.2) is 61.4 Å². The number of anilines is 1. The third-order valence-corrected chi connectivity index (χ3v) is 5.64. The summed E-state index contributed by atoms with van der Waals surface area (Å²) < 4.78 is 44.1. The zero-order valence-electron chi connectivity index (χ0n) is 16.4. The summed E-state index contributed by atoms with van der Waals surface area (Å²) in [6.07, 6.45) is -6.11. The van der Waals surface area contributed by atoms with E-state index >= 15 is 0 Å². The molecule has 4 N–H and O–H groups in total. The highest BCUT2D eigenvalue weighted by Gasteiger charge is 2.49. The molecule has 4 atom stereocenters. The average molecular weight is 441 g/mol. The van der Waals surface area contributed by atoms with E-state index in [1.165, 1.54) is 12.1 Å². The lowest BCUT2D eigenvalue weighted by Gasteiger charge is -2.46. The molecular weight excluding hydrogens is 419 g/mol. The van der Waals surface area contributed by atoms with Gasteiger partial charge in [-0.15, -0.1) is 0 Å². The number of nitrogens with one attached hydrogen (secondary N) is 4. The lowest BCUT2D eigenvalue weighted by Crippen LogP contribution is -2.74. The second-order valence-corrected chi connectivity index (χ2v) is 7.68. The van der Waals surface area contributed by atoms with Gasteiger partial charge >= 0.3 is 6.18 Å². The van der Waals surface area contributed by atoms with Crippen LogP contribution < -0.4 is 21.3 Å². The van der Waals surface area contributed by atoms with Crippen LogP contribution in [0.3, 0.4) is 0 Å². The molecule has 0 saturated carbocycles. The number of morpholine rings is 1. The topological polar surface area (TPSA) is 112 Å². The van der Waals surface area contributed by atoms with E-state index in [0.717, 1.165) is 12.1 Å². The molecule has 0 spiro atoms. The lowest BCUT2D eigenvalue weighted by atomic mass is 9.81. The van der Waals surface area contributed by atoms with Gasteiger partial charge in [-0.05, 0) is 18.2 Å². The minimum Gasteiger partial charge on any atom is -0.379 e. The standard InChI is InChI=1S/C19H22F3N5O4/c20-19(21,22)10-2-1-3-11(8-10)23-16(29)12-9-13(28)24-15-14(12)17(30)26-18(25-15)27-4-6-31-7-5-27/h1-3,8,12,14-15,18,25H,4-7,9H2,(H,23,29)(H,24,28)(H,26,30). The van der Waals surface area contributed by atoms with Gasteiger partial charge < -0.3 is 20.7 Å². The van der Waals surface area contributed by atoms with Crippen molar-refractivity contribution in [2.45, 2.75) is 25.1 Å². The van der Waals surface area contributed by atoms with Gasteiger partial charge in [-0.2, -0.15) is 13.2 Å². The summed E-state index contributed by atoms with van der Waals surface area (Å²) in [5, 5.41) is 11.1. The van der Waals surface area contributed by atoms with E-state index in [1.54, 1.807) is 0 Å². The first-order valence-corrected chi connectivity index (χ1v) is 9.88. The van der Waals surface area contributed by atoms with Crippen LogP contribution in [0, 0.1) is 11.8 Å². The normalized spacial score (nSPS) is 29.5. The molecule has 31 heavy (non-hydrogen) atoms. The number of carbonyl (C=O) groups excluding carboxylic acids is 3. The number of hydrogen-bond donors (Lipinski definition) is 4. The Kier molecular flexibility index (Phi) is 5.86. The summed E-state index contributed by atoms with van der Waals surface area (Å²) in [7, 11) is 0. The van der Waals surface area contributed by atoms with Crippen LogP contribution in [0.15, 0.2) is 24.3 Å². The predicted molar refractivity (Wildman–Crippen MR) is 101 cm³/mol. The predicted octanol–water partition coefficient (Wildman–Crippen LogP) is 0.0575. The first kappa shape index (κ1) is 21.5. The number of hydrogen-bond acceptors (Lipinski definition) is 6. The molecule has 3 aliphatic heterocycles. The fraction of sp³-hybridized carbons (Fsp3) is 0.526. The van der Waals surface area contributed by atoms with Gasteiger partial charge in [0.05, 0.1) is 36.8 Å². The van der Waals surface area contributed by atoms with Crippen LogP contribution in [-0.2, 0) is 25.3 Å². The minimum absolute atomic E-state index is 0.0577. The number of carbonyl (C=O) groups is 3. The number of halogens is 3. The molecule has 9 nitrogen and oxygen atoms in total. The molecule has 4 unspecified atom stereocenters. The highest BCUT2D eigenvalue weighted by molar-refractivity contribution is 6.00. The van der Waals surface area contributed by atoms with E-state index in [-0.39, 0.29) is 12.1 Å². The molecule has 0 aliphatic carbocycles. The number of piperidine rings is 1. The summed E-state index contributed by atoms with van der Waals surface area (Å²) in [4.78, 5) is 39.9. The summed E-state index contributed by atoms with van der Waals surface area (Å²) >= 11 is 0. The molecule has 3 amide bonds. The summed E-state index contributed by atoms with van der Waals surface area (Å²) in [6, 6.07) is 4.20. The van der Waals surface area contributed by atoms with Crippen molar-refractivity contribution < 1.29 is 32.3 Å². The molecular formula is C19H22F3N5O4. The van der Waals surface area contributed by atoms with Gasteiger partial charge in [0, 0.05) is 25.2 Å². The number of fused-ring (bicyclic) bond motifs is 1. The van der Waals surface area contributed by atoms with E-state index in [1.807, 2.05) is 4.90 Å². The summed E-state index contributed by atoms with van der Waals surface area (Å²) in [6.45, 7) is 2.19. The first-order chi connectivity index (χ1) is 14.7. The Bertz CT molecular complexity index is 874. The van der Waals surface area contributed by atoms with Crippen molar-refractivity contribution in [2.75, 3.05) is 31.6 Å². The Morgan fingerprint density at radius 2 is 1.90 bits per heavy atom. The Labute approximate surface area is 175 Å². The largest absolute Gasteiger partial charge is 0.416 e.